The molecule has 0 saturated heterocycles. The van der Waals surface area contributed by atoms with Crippen molar-refractivity contribution in [3.8, 4) is 5.75 Å². The number of fused-ring (bicyclic) bond motifs is 1. The molecule has 112 valence electrons. The number of ether oxygens (including phenoxy) is 1. The minimum absolute atomic E-state index is 0.242. The van der Waals surface area contributed by atoms with Crippen LogP contribution in [0.15, 0.2) is 12.1 Å². The first-order valence-electron chi connectivity index (χ1n) is 7.65. The van der Waals surface area contributed by atoms with Crippen molar-refractivity contribution in [2.75, 3.05) is 13.7 Å². The number of hydrogen-bond acceptors (Lipinski definition) is 3. The van der Waals surface area contributed by atoms with Gasteiger partial charge in [0.25, 0.3) is 0 Å². The number of benzene rings is 1. The summed E-state index contributed by atoms with van der Waals surface area (Å²) in [5, 5.41) is 13.9. The van der Waals surface area contributed by atoms with Gasteiger partial charge in [0.05, 0.1) is 6.61 Å². The molecule has 0 bridgehead atoms. The fraction of sp³-hybridized carbons (Fsp3) is 0.647. The van der Waals surface area contributed by atoms with E-state index < -0.39 is 0 Å². The van der Waals surface area contributed by atoms with Crippen LogP contribution in [0.2, 0.25) is 0 Å². The van der Waals surface area contributed by atoms with Gasteiger partial charge in [-0.1, -0.05) is 26.3 Å². The summed E-state index contributed by atoms with van der Waals surface area (Å²) in [7, 11) is 1.75. The zero-order chi connectivity index (χ0) is 14.7. The molecule has 1 aliphatic carbocycles. The highest BCUT2D eigenvalue weighted by Crippen LogP contribution is 2.46. The van der Waals surface area contributed by atoms with Gasteiger partial charge in [0, 0.05) is 24.8 Å². The van der Waals surface area contributed by atoms with Crippen molar-refractivity contribution >= 4 is 0 Å². The van der Waals surface area contributed by atoms with Crippen molar-refractivity contribution in [2.24, 2.45) is 0 Å². The summed E-state index contributed by atoms with van der Waals surface area (Å²) in [5.74, 6) is 0.930. The first-order chi connectivity index (χ1) is 9.58. The number of aromatic hydroxyl groups is 1. The number of nitrogens with one attached hydrogen (secondary N) is 1. The minimum atomic E-state index is 0.242. The van der Waals surface area contributed by atoms with E-state index in [-0.39, 0.29) is 6.04 Å². The Balaban J connectivity index is 2.22. The first-order valence-corrected chi connectivity index (χ1v) is 7.65. The second-order valence-electron chi connectivity index (χ2n) is 6.03. The normalized spacial score (nSPS) is 22.8. The molecule has 0 spiro atoms. The molecule has 1 aromatic rings. The number of rotatable bonds is 6. The zero-order valence-corrected chi connectivity index (χ0v) is 13.1. The molecule has 3 atom stereocenters. The molecule has 20 heavy (non-hydrogen) atoms. The third-order valence-electron chi connectivity index (χ3n) is 4.35. The molecule has 0 heterocycles. The summed E-state index contributed by atoms with van der Waals surface area (Å²) in [5.41, 5.74) is 3.72. The third kappa shape index (κ3) is 2.99. The molecular formula is C17H27NO2. The number of hydrogen-bond donors (Lipinski definition) is 2. The SMILES string of the molecule is CCCC(COC)NC1CC(C)c2c(C)ccc(O)c21. The number of methoxy groups -OCH3 is 1. The van der Waals surface area contributed by atoms with E-state index in [0.717, 1.165) is 31.4 Å². The van der Waals surface area contributed by atoms with Gasteiger partial charge < -0.3 is 15.2 Å². The van der Waals surface area contributed by atoms with Crippen LogP contribution in [0.5, 0.6) is 5.75 Å². The van der Waals surface area contributed by atoms with Crippen LogP contribution in [0.4, 0.5) is 0 Å². The van der Waals surface area contributed by atoms with Crippen molar-refractivity contribution in [3.63, 3.8) is 0 Å². The molecular weight excluding hydrogens is 250 g/mol. The van der Waals surface area contributed by atoms with Gasteiger partial charge in [-0.3, -0.25) is 0 Å². The lowest BCUT2D eigenvalue weighted by Gasteiger charge is -2.23. The van der Waals surface area contributed by atoms with Crippen LogP contribution in [0, 0.1) is 6.92 Å². The Hall–Kier alpha value is -1.06. The Morgan fingerprint density at radius 3 is 2.80 bits per heavy atom. The van der Waals surface area contributed by atoms with E-state index in [0.29, 0.717) is 17.7 Å². The Morgan fingerprint density at radius 1 is 1.40 bits per heavy atom. The summed E-state index contributed by atoms with van der Waals surface area (Å²) in [4.78, 5) is 0. The van der Waals surface area contributed by atoms with Gasteiger partial charge in [-0.25, -0.2) is 0 Å². The predicted octanol–water partition coefficient (Wildman–Crippen LogP) is 3.65. The van der Waals surface area contributed by atoms with Gasteiger partial charge in [0.1, 0.15) is 5.75 Å². The van der Waals surface area contributed by atoms with Crippen molar-refractivity contribution in [3.05, 3.63) is 28.8 Å². The van der Waals surface area contributed by atoms with Crippen molar-refractivity contribution in [1.82, 2.24) is 5.32 Å². The van der Waals surface area contributed by atoms with Crippen molar-refractivity contribution in [2.45, 2.75) is 58.0 Å². The fourth-order valence-corrected chi connectivity index (χ4v) is 3.54. The minimum Gasteiger partial charge on any atom is -0.508 e. The molecule has 0 radical (unpaired) electrons. The maximum atomic E-state index is 10.2. The van der Waals surface area contributed by atoms with E-state index in [2.05, 4.69) is 26.1 Å². The Bertz CT molecular complexity index is 453. The Kier molecular flexibility index (Phi) is 5.06. The summed E-state index contributed by atoms with van der Waals surface area (Å²) in [6.45, 7) is 7.30. The van der Waals surface area contributed by atoms with E-state index in [1.54, 1.807) is 7.11 Å². The van der Waals surface area contributed by atoms with Crippen molar-refractivity contribution in [1.29, 1.82) is 0 Å². The number of phenols is 1. The summed E-state index contributed by atoms with van der Waals surface area (Å²) < 4.78 is 5.31. The average molecular weight is 277 g/mol. The van der Waals surface area contributed by atoms with Gasteiger partial charge in [0.2, 0.25) is 0 Å². The van der Waals surface area contributed by atoms with Crippen LogP contribution in [0.25, 0.3) is 0 Å². The lowest BCUT2D eigenvalue weighted by Crippen LogP contribution is -2.35. The van der Waals surface area contributed by atoms with E-state index in [9.17, 15) is 5.11 Å². The lowest BCUT2D eigenvalue weighted by molar-refractivity contribution is 0.155. The topological polar surface area (TPSA) is 41.5 Å². The smallest absolute Gasteiger partial charge is 0.120 e. The molecule has 1 aliphatic rings. The Labute approximate surface area is 122 Å². The van der Waals surface area contributed by atoms with Crippen LogP contribution < -0.4 is 5.32 Å². The van der Waals surface area contributed by atoms with Gasteiger partial charge in [-0.15, -0.1) is 0 Å². The second kappa shape index (κ2) is 6.59. The number of phenolic OH excluding ortho intramolecular Hbond substituents is 1. The average Bonchev–Trinajstić information content (AvgIpc) is 2.73. The highest BCUT2D eigenvalue weighted by molar-refractivity contribution is 5.50. The van der Waals surface area contributed by atoms with E-state index in [1.165, 1.54) is 11.1 Å². The molecule has 0 fully saturated rings. The van der Waals surface area contributed by atoms with E-state index >= 15 is 0 Å². The molecule has 3 heteroatoms. The van der Waals surface area contributed by atoms with Crippen LogP contribution in [-0.4, -0.2) is 24.9 Å². The molecule has 3 unspecified atom stereocenters. The van der Waals surface area contributed by atoms with Gasteiger partial charge in [-0.2, -0.15) is 0 Å². The van der Waals surface area contributed by atoms with Crippen LogP contribution >= 0.6 is 0 Å². The highest BCUT2D eigenvalue weighted by atomic mass is 16.5. The maximum absolute atomic E-state index is 10.2. The van der Waals surface area contributed by atoms with Gasteiger partial charge in [0.15, 0.2) is 0 Å². The molecule has 0 saturated carbocycles. The summed E-state index contributed by atoms with van der Waals surface area (Å²) in [6.07, 6.45) is 3.29. The summed E-state index contributed by atoms with van der Waals surface area (Å²) >= 11 is 0. The van der Waals surface area contributed by atoms with Crippen LogP contribution in [0.3, 0.4) is 0 Å². The monoisotopic (exact) mass is 277 g/mol. The van der Waals surface area contributed by atoms with E-state index in [1.807, 2.05) is 12.1 Å². The second-order valence-corrected chi connectivity index (χ2v) is 6.03. The van der Waals surface area contributed by atoms with Gasteiger partial charge >= 0.3 is 0 Å². The lowest BCUT2D eigenvalue weighted by atomic mass is 9.97. The Morgan fingerprint density at radius 2 is 2.15 bits per heavy atom. The van der Waals surface area contributed by atoms with Gasteiger partial charge in [-0.05, 0) is 42.9 Å². The molecule has 2 rings (SSSR count). The van der Waals surface area contributed by atoms with Crippen molar-refractivity contribution < 1.29 is 9.84 Å². The predicted molar refractivity (Wildman–Crippen MR) is 82.3 cm³/mol. The van der Waals surface area contributed by atoms with E-state index in [4.69, 9.17) is 4.74 Å². The zero-order valence-electron chi connectivity index (χ0n) is 13.1. The maximum Gasteiger partial charge on any atom is 0.120 e. The quantitative estimate of drug-likeness (QED) is 0.834. The largest absolute Gasteiger partial charge is 0.508 e. The standard InChI is InChI=1S/C17H27NO2/c1-5-6-13(10-20-4)18-14-9-12(3)16-11(2)7-8-15(19)17(14)16/h7-8,12-14,18-19H,5-6,9-10H2,1-4H3. The first kappa shape index (κ1) is 15.3. The molecule has 2 N–H and O–H groups in total. The van der Waals surface area contributed by atoms with Crippen LogP contribution in [-0.2, 0) is 4.74 Å². The molecule has 1 aromatic carbocycles. The molecule has 0 amide bonds. The molecule has 0 aliphatic heterocycles. The number of aryl methyl sites for hydroxylation is 1. The molecule has 3 nitrogen and oxygen atoms in total. The highest BCUT2D eigenvalue weighted by Gasteiger charge is 2.33. The fourth-order valence-electron chi connectivity index (χ4n) is 3.54. The summed E-state index contributed by atoms with van der Waals surface area (Å²) in [6, 6.07) is 4.44. The third-order valence-corrected chi connectivity index (χ3v) is 4.35. The van der Waals surface area contributed by atoms with Crippen LogP contribution in [0.1, 0.15) is 61.8 Å². The molecule has 0 aromatic heterocycles.